The van der Waals surface area contributed by atoms with Gasteiger partial charge in [0.2, 0.25) is 5.91 Å². The molecule has 0 aromatic rings. The van der Waals surface area contributed by atoms with Gasteiger partial charge in [0.05, 0.1) is 12.0 Å². The molecule has 1 saturated heterocycles. The van der Waals surface area contributed by atoms with Crippen LogP contribution in [-0.2, 0) is 9.59 Å². The summed E-state index contributed by atoms with van der Waals surface area (Å²) in [5.41, 5.74) is -3.98. The van der Waals surface area contributed by atoms with Crippen molar-refractivity contribution in [3.05, 3.63) is 0 Å². The Morgan fingerprint density at radius 3 is 2.50 bits per heavy atom. The van der Waals surface area contributed by atoms with Gasteiger partial charge in [0.1, 0.15) is 5.60 Å². The van der Waals surface area contributed by atoms with Crippen LogP contribution in [0, 0.1) is 11.8 Å². The summed E-state index contributed by atoms with van der Waals surface area (Å²) in [6, 6.07) is 0. The van der Waals surface area contributed by atoms with E-state index in [1.165, 1.54) is 6.92 Å². The average molecular weight is 334 g/mol. The van der Waals surface area contributed by atoms with Crippen LogP contribution in [0.3, 0.4) is 0 Å². The maximum atomic E-state index is 12.2. The fourth-order valence-corrected chi connectivity index (χ4v) is 4.25. The molecule has 0 bridgehead atoms. The van der Waals surface area contributed by atoms with Crippen LogP contribution in [0.2, 0.25) is 0 Å². The molecule has 2 fully saturated rings. The van der Waals surface area contributed by atoms with Gasteiger partial charge >= 0.3 is 5.97 Å². The molecule has 1 heterocycles. The van der Waals surface area contributed by atoms with Gasteiger partial charge in [-0.15, -0.1) is 11.6 Å². The number of aliphatic hydroxyl groups excluding tert-OH is 1. The number of alkyl halides is 1. The highest BCUT2D eigenvalue weighted by Crippen LogP contribution is 2.44. The van der Waals surface area contributed by atoms with Crippen molar-refractivity contribution in [2.75, 3.05) is 5.88 Å². The monoisotopic (exact) mass is 333 g/mol. The lowest BCUT2D eigenvalue weighted by atomic mass is 9.67. The van der Waals surface area contributed by atoms with Crippen molar-refractivity contribution in [1.82, 2.24) is 5.32 Å². The minimum Gasteiger partial charge on any atom is -0.479 e. The fourth-order valence-electron chi connectivity index (χ4n) is 4.03. The Labute approximate surface area is 134 Å². The fraction of sp³-hybridized carbons (Fsp3) is 0.867. The molecule has 0 radical (unpaired) electrons. The normalized spacial score (nSPS) is 37.8. The van der Waals surface area contributed by atoms with Crippen molar-refractivity contribution < 1.29 is 24.9 Å². The van der Waals surface area contributed by atoms with E-state index in [9.17, 15) is 24.9 Å². The van der Waals surface area contributed by atoms with Gasteiger partial charge in [0.25, 0.3) is 0 Å². The SMILES string of the molecule is C[C@]1(O)[C@@H](CCCl)C(=O)N[C@]1(C(=O)O)[C@@H](O)C1CCCCC1. The Hall–Kier alpha value is -0.850. The number of carbonyl (C=O) groups is 2. The molecule has 1 amide bonds. The number of carbonyl (C=O) groups excluding carboxylic acids is 1. The summed E-state index contributed by atoms with van der Waals surface area (Å²) in [7, 11) is 0. The topological polar surface area (TPSA) is 107 Å². The first-order chi connectivity index (χ1) is 10.3. The Morgan fingerprint density at radius 1 is 1.41 bits per heavy atom. The second kappa shape index (κ2) is 6.34. The molecule has 0 unspecified atom stereocenters. The van der Waals surface area contributed by atoms with Gasteiger partial charge in [0, 0.05) is 5.88 Å². The van der Waals surface area contributed by atoms with Crippen molar-refractivity contribution in [2.45, 2.75) is 62.7 Å². The lowest BCUT2D eigenvalue weighted by Crippen LogP contribution is -2.70. The van der Waals surface area contributed by atoms with Crippen LogP contribution >= 0.6 is 11.6 Å². The molecule has 22 heavy (non-hydrogen) atoms. The van der Waals surface area contributed by atoms with Crippen LogP contribution < -0.4 is 5.32 Å². The third kappa shape index (κ3) is 2.51. The van der Waals surface area contributed by atoms with Gasteiger partial charge in [-0.05, 0) is 32.1 Å². The van der Waals surface area contributed by atoms with E-state index in [4.69, 9.17) is 11.6 Å². The van der Waals surface area contributed by atoms with E-state index in [1.807, 2.05) is 0 Å². The number of carboxylic acid groups (broad SMARTS) is 1. The summed E-state index contributed by atoms with van der Waals surface area (Å²) in [5, 5.41) is 33.7. The zero-order valence-corrected chi connectivity index (χ0v) is 13.5. The second-order valence-corrected chi connectivity index (χ2v) is 7.00. The molecule has 4 N–H and O–H groups in total. The van der Waals surface area contributed by atoms with E-state index in [-0.39, 0.29) is 18.2 Å². The molecule has 2 aliphatic rings. The van der Waals surface area contributed by atoms with E-state index in [2.05, 4.69) is 5.32 Å². The smallest absolute Gasteiger partial charge is 0.335 e. The Balaban J connectivity index is 2.39. The van der Waals surface area contributed by atoms with Gasteiger partial charge < -0.3 is 20.6 Å². The number of hydrogen-bond donors (Lipinski definition) is 4. The number of aliphatic carboxylic acids is 1. The highest BCUT2D eigenvalue weighted by atomic mass is 35.5. The molecule has 2 rings (SSSR count). The third-order valence-electron chi connectivity index (χ3n) is 5.39. The largest absolute Gasteiger partial charge is 0.479 e. The number of carboxylic acids is 1. The summed E-state index contributed by atoms with van der Waals surface area (Å²) in [5.74, 6) is -3.03. The van der Waals surface area contributed by atoms with E-state index >= 15 is 0 Å². The second-order valence-electron chi connectivity index (χ2n) is 6.62. The molecular weight excluding hydrogens is 310 g/mol. The molecule has 0 spiro atoms. The predicted molar refractivity (Wildman–Crippen MR) is 80.5 cm³/mol. The van der Waals surface area contributed by atoms with Gasteiger partial charge in [-0.2, -0.15) is 0 Å². The van der Waals surface area contributed by atoms with Crippen molar-refractivity contribution in [1.29, 1.82) is 0 Å². The summed E-state index contributed by atoms with van der Waals surface area (Å²) in [6.45, 7) is 1.31. The Bertz CT molecular complexity index is 449. The van der Waals surface area contributed by atoms with E-state index in [0.29, 0.717) is 12.8 Å². The number of nitrogens with one attached hydrogen (secondary N) is 1. The Kier molecular flexibility index (Phi) is 5.04. The zero-order valence-electron chi connectivity index (χ0n) is 12.7. The van der Waals surface area contributed by atoms with Crippen molar-refractivity contribution >= 4 is 23.5 Å². The summed E-state index contributed by atoms with van der Waals surface area (Å²) in [6.07, 6.45) is 3.11. The molecule has 1 saturated carbocycles. The molecule has 1 aliphatic heterocycles. The van der Waals surface area contributed by atoms with Gasteiger partial charge in [-0.3, -0.25) is 4.79 Å². The Morgan fingerprint density at radius 2 is 2.00 bits per heavy atom. The van der Waals surface area contributed by atoms with Gasteiger partial charge in [-0.25, -0.2) is 4.79 Å². The highest BCUT2D eigenvalue weighted by Gasteiger charge is 2.69. The van der Waals surface area contributed by atoms with E-state index in [0.717, 1.165) is 19.3 Å². The minimum atomic E-state index is -2.08. The average Bonchev–Trinajstić information content (AvgIpc) is 2.68. The van der Waals surface area contributed by atoms with Gasteiger partial charge in [-0.1, -0.05) is 19.3 Å². The van der Waals surface area contributed by atoms with Crippen molar-refractivity contribution in [3.8, 4) is 0 Å². The van der Waals surface area contributed by atoms with Crippen LogP contribution in [0.25, 0.3) is 0 Å². The zero-order chi connectivity index (χ0) is 16.5. The number of rotatable bonds is 5. The third-order valence-corrected chi connectivity index (χ3v) is 5.61. The molecule has 126 valence electrons. The van der Waals surface area contributed by atoms with Crippen molar-refractivity contribution in [2.24, 2.45) is 11.8 Å². The molecule has 6 nitrogen and oxygen atoms in total. The molecule has 4 atom stereocenters. The molecule has 0 aromatic heterocycles. The maximum Gasteiger partial charge on any atom is 0.335 e. The molecular formula is C15H24ClNO5. The summed E-state index contributed by atoms with van der Waals surface area (Å²) in [4.78, 5) is 24.1. The van der Waals surface area contributed by atoms with E-state index in [1.54, 1.807) is 0 Å². The van der Waals surface area contributed by atoms with Crippen LogP contribution in [0.15, 0.2) is 0 Å². The van der Waals surface area contributed by atoms with Gasteiger partial charge in [0.15, 0.2) is 5.54 Å². The number of hydrogen-bond acceptors (Lipinski definition) is 4. The lowest BCUT2D eigenvalue weighted by molar-refractivity contribution is -0.172. The predicted octanol–water partition coefficient (Wildman–Crippen LogP) is 0.877. The van der Waals surface area contributed by atoms with E-state index < -0.39 is 35.0 Å². The van der Waals surface area contributed by atoms with Crippen molar-refractivity contribution in [3.63, 3.8) is 0 Å². The maximum absolute atomic E-state index is 12.2. The molecule has 1 aliphatic carbocycles. The first-order valence-electron chi connectivity index (χ1n) is 7.81. The van der Waals surface area contributed by atoms with Crippen LogP contribution in [0.5, 0.6) is 0 Å². The summed E-state index contributed by atoms with van der Waals surface area (Å²) < 4.78 is 0. The number of amides is 1. The first kappa shape index (κ1) is 17.5. The molecule has 0 aromatic carbocycles. The number of aliphatic hydroxyl groups is 2. The first-order valence-corrected chi connectivity index (χ1v) is 8.34. The van der Waals surface area contributed by atoms with Crippen LogP contribution in [0.4, 0.5) is 0 Å². The molecule has 7 heteroatoms. The summed E-state index contributed by atoms with van der Waals surface area (Å²) >= 11 is 5.67. The van der Waals surface area contributed by atoms with Crippen LogP contribution in [0.1, 0.15) is 45.4 Å². The number of halogens is 1. The van der Waals surface area contributed by atoms with Crippen LogP contribution in [-0.4, -0.2) is 50.3 Å². The standard InChI is InChI=1S/C15H24ClNO5/c1-14(22)10(7-8-16)12(19)17-15(14,13(20)21)11(18)9-5-3-2-4-6-9/h9-11,18,22H,2-8H2,1H3,(H,17,19)(H,20,21)/t10-,11-,14-,15-/m0/s1. The quantitative estimate of drug-likeness (QED) is 0.559. The lowest BCUT2D eigenvalue weighted by Gasteiger charge is -2.44. The minimum absolute atomic E-state index is 0.128. The highest BCUT2D eigenvalue weighted by molar-refractivity contribution is 6.18.